The zero-order valence-electron chi connectivity index (χ0n) is 18.6. The summed E-state index contributed by atoms with van der Waals surface area (Å²) in [4.78, 5) is 30.5. The molecular formula is C24H33N4O3S+. The van der Waals surface area contributed by atoms with Crippen LogP contribution in [-0.4, -0.2) is 58.0 Å². The number of nitrogens with zero attached hydrogens (tertiary/aromatic N) is 3. The van der Waals surface area contributed by atoms with Crippen LogP contribution < -0.4 is 5.32 Å². The van der Waals surface area contributed by atoms with Crippen LogP contribution in [0, 0.1) is 11.3 Å². The zero-order chi connectivity index (χ0) is 22.0. The van der Waals surface area contributed by atoms with Crippen LogP contribution in [-0.2, 0) is 14.3 Å². The Kier molecular flexibility index (Phi) is 6.16. The number of carbonyl (C=O) groups excluding carboxylic acids is 2. The number of carbonyl (C=O) groups is 2. The van der Waals surface area contributed by atoms with Crippen LogP contribution in [0.4, 0.5) is 5.13 Å². The van der Waals surface area contributed by atoms with Gasteiger partial charge >= 0.3 is 5.97 Å². The molecular weight excluding hydrogens is 424 g/mol. The minimum Gasteiger partial charge on any atom is -0.455 e. The largest absolute Gasteiger partial charge is 0.455 e. The van der Waals surface area contributed by atoms with Gasteiger partial charge in [0.1, 0.15) is 12.9 Å². The third-order valence-electron chi connectivity index (χ3n) is 8.12. The second-order valence-electron chi connectivity index (χ2n) is 10.0. The summed E-state index contributed by atoms with van der Waals surface area (Å²) >= 11 is 1.19. The fourth-order valence-electron chi connectivity index (χ4n) is 6.31. The molecule has 172 valence electrons. The number of anilines is 1. The topological polar surface area (TPSA) is 81.2 Å². The zero-order valence-corrected chi connectivity index (χ0v) is 19.4. The third-order valence-corrected chi connectivity index (χ3v) is 8.70. The van der Waals surface area contributed by atoms with E-state index < -0.39 is 5.41 Å². The number of ether oxygens (including phenoxy) is 1. The highest BCUT2D eigenvalue weighted by Crippen LogP contribution is 2.46. The smallest absolute Gasteiger partial charge is 0.316 e. The Morgan fingerprint density at radius 2 is 1.97 bits per heavy atom. The minimum atomic E-state index is -0.452. The molecule has 1 saturated carbocycles. The van der Waals surface area contributed by atoms with Crippen molar-refractivity contribution < 1.29 is 18.8 Å². The molecule has 0 spiro atoms. The fraction of sp³-hybridized carbons (Fsp3) is 0.667. The van der Waals surface area contributed by atoms with E-state index in [1.807, 2.05) is 0 Å². The Morgan fingerprint density at radius 1 is 1.19 bits per heavy atom. The van der Waals surface area contributed by atoms with E-state index in [9.17, 15) is 9.59 Å². The van der Waals surface area contributed by atoms with Crippen molar-refractivity contribution in [2.45, 2.75) is 63.9 Å². The number of hydrogen-bond donors (Lipinski definition) is 1. The maximum absolute atomic E-state index is 13.8. The van der Waals surface area contributed by atoms with Crippen LogP contribution >= 0.6 is 11.5 Å². The van der Waals surface area contributed by atoms with Crippen molar-refractivity contribution >= 4 is 28.5 Å². The van der Waals surface area contributed by atoms with E-state index in [1.54, 1.807) is 0 Å². The van der Waals surface area contributed by atoms with Gasteiger partial charge in [0, 0.05) is 30.3 Å². The van der Waals surface area contributed by atoms with Crippen LogP contribution in [0.5, 0.6) is 0 Å². The first kappa shape index (κ1) is 21.8. The lowest BCUT2D eigenvalue weighted by atomic mass is 9.73. The Hall–Kier alpha value is -2.06. The number of rotatable bonds is 6. The van der Waals surface area contributed by atoms with Gasteiger partial charge in [0.2, 0.25) is 5.13 Å². The maximum Gasteiger partial charge on any atom is 0.316 e. The fourth-order valence-corrected chi connectivity index (χ4v) is 6.76. The van der Waals surface area contributed by atoms with Gasteiger partial charge in [0.05, 0.1) is 18.5 Å². The predicted molar refractivity (Wildman–Crippen MR) is 123 cm³/mol. The van der Waals surface area contributed by atoms with Crippen LogP contribution in [0.2, 0.25) is 0 Å². The average Bonchev–Trinajstić information content (AvgIpc) is 3.45. The number of piperidine rings is 3. The van der Waals surface area contributed by atoms with Gasteiger partial charge in [0.15, 0.2) is 12.6 Å². The van der Waals surface area contributed by atoms with Crippen molar-refractivity contribution in [3.8, 4) is 0 Å². The molecule has 1 aromatic heterocycles. The molecule has 5 aliphatic rings. The second-order valence-corrected chi connectivity index (χ2v) is 10.8. The number of quaternary nitrogens is 1. The first-order valence-electron chi connectivity index (χ1n) is 12.1. The molecule has 8 heteroatoms. The summed E-state index contributed by atoms with van der Waals surface area (Å²) < 4.78 is 11.0. The van der Waals surface area contributed by atoms with Gasteiger partial charge in [-0.15, -0.1) is 0 Å². The van der Waals surface area contributed by atoms with Crippen molar-refractivity contribution in [2.75, 3.05) is 31.5 Å². The van der Waals surface area contributed by atoms with Gasteiger partial charge in [-0.3, -0.25) is 14.9 Å². The number of esters is 1. The monoisotopic (exact) mass is 457 g/mol. The molecule has 1 aromatic rings. The molecule has 0 aromatic carbocycles. The lowest BCUT2D eigenvalue weighted by Crippen LogP contribution is -2.66. The normalized spacial score (nSPS) is 31.1. The minimum absolute atomic E-state index is 0.00967. The number of hydrogen-bond acceptors (Lipinski definition) is 6. The lowest BCUT2D eigenvalue weighted by Gasteiger charge is -2.52. The molecule has 6 rings (SSSR count). The van der Waals surface area contributed by atoms with Gasteiger partial charge < -0.3 is 9.22 Å². The molecule has 1 atom stereocenters. The summed E-state index contributed by atoms with van der Waals surface area (Å²) in [7, 11) is 0. The summed E-state index contributed by atoms with van der Waals surface area (Å²) in [5.74, 6) is 0.378. The highest BCUT2D eigenvalue weighted by atomic mass is 32.1. The highest BCUT2D eigenvalue weighted by molar-refractivity contribution is 7.09. The van der Waals surface area contributed by atoms with Gasteiger partial charge in [-0.1, -0.05) is 43.9 Å². The van der Waals surface area contributed by atoms with Gasteiger partial charge in [-0.2, -0.15) is 4.37 Å². The molecule has 1 amide bonds. The summed E-state index contributed by atoms with van der Waals surface area (Å²) in [6.07, 6.45) is 17.0. The van der Waals surface area contributed by atoms with Gasteiger partial charge in [0.25, 0.3) is 5.91 Å². The standard InChI is InChI=1S/C24H32N4O3S/c29-21(27-23-25-17-26-32-23)16-28-13-9-18(10-14-28)20(15-28)31-22(30)24(19-7-3-4-8-19)11-5-1-2-6-12-24/h3-4,7,17-18,20H,1-2,5-6,8-16H2/p+1/t18?,20-,28?/m0/s1. The number of amides is 1. The number of fused-ring (bicyclic) bond motifs is 3. The Labute approximate surface area is 193 Å². The van der Waals surface area contributed by atoms with Crippen molar-refractivity contribution in [3.05, 3.63) is 30.1 Å². The molecule has 2 aliphatic carbocycles. The van der Waals surface area contributed by atoms with Crippen molar-refractivity contribution in [3.63, 3.8) is 0 Å². The number of nitrogens with one attached hydrogen (secondary N) is 1. The predicted octanol–water partition coefficient (Wildman–Crippen LogP) is 3.86. The van der Waals surface area contributed by atoms with Crippen LogP contribution in [0.25, 0.3) is 0 Å². The first-order chi connectivity index (χ1) is 15.6. The molecule has 3 aliphatic heterocycles. The molecule has 7 nitrogen and oxygen atoms in total. The van der Waals surface area contributed by atoms with E-state index in [-0.39, 0.29) is 18.0 Å². The molecule has 0 radical (unpaired) electrons. The molecule has 3 saturated heterocycles. The van der Waals surface area contributed by atoms with E-state index in [0.717, 1.165) is 64.6 Å². The molecule has 4 fully saturated rings. The van der Waals surface area contributed by atoms with Crippen LogP contribution in [0.15, 0.2) is 30.1 Å². The third kappa shape index (κ3) is 4.27. The van der Waals surface area contributed by atoms with Crippen molar-refractivity contribution in [2.24, 2.45) is 11.3 Å². The summed E-state index contributed by atoms with van der Waals surface area (Å²) in [5, 5.41) is 3.41. The van der Waals surface area contributed by atoms with Crippen LogP contribution in [0.1, 0.15) is 57.8 Å². The molecule has 32 heavy (non-hydrogen) atoms. The average molecular weight is 458 g/mol. The van der Waals surface area contributed by atoms with Gasteiger partial charge in [-0.25, -0.2) is 4.98 Å². The molecule has 4 heterocycles. The van der Waals surface area contributed by atoms with Gasteiger partial charge in [-0.05, 0) is 24.8 Å². The highest BCUT2D eigenvalue weighted by Gasteiger charge is 2.51. The maximum atomic E-state index is 13.8. The van der Waals surface area contributed by atoms with E-state index in [1.165, 1.54) is 36.3 Å². The van der Waals surface area contributed by atoms with Crippen LogP contribution in [0.3, 0.4) is 0 Å². The molecule has 1 N–H and O–H groups in total. The number of allylic oxidation sites excluding steroid dienone is 3. The SMILES string of the molecule is O=C(C[N+]12CCC(CC1)[C@@H](OC(=O)C1(C3=CC=CC3)CCCCCC1)C2)Nc1ncns1. The Bertz CT molecular complexity index is 894. The summed E-state index contributed by atoms with van der Waals surface area (Å²) in [5.41, 5.74) is 0.789. The second kappa shape index (κ2) is 9.06. The quantitative estimate of drug-likeness (QED) is 0.399. The van der Waals surface area contributed by atoms with E-state index in [4.69, 9.17) is 4.74 Å². The molecule has 0 unspecified atom stereocenters. The Balaban J connectivity index is 1.28. The van der Waals surface area contributed by atoms with E-state index >= 15 is 0 Å². The van der Waals surface area contributed by atoms with E-state index in [2.05, 4.69) is 32.9 Å². The Morgan fingerprint density at radius 3 is 2.62 bits per heavy atom. The lowest BCUT2D eigenvalue weighted by molar-refractivity contribution is -0.939. The molecule has 2 bridgehead atoms. The summed E-state index contributed by atoms with van der Waals surface area (Å²) in [6, 6.07) is 0. The van der Waals surface area contributed by atoms with Crippen molar-refractivity contribution in [1.82, 2.24) is 9.36 Å². The number of aromatic nitrogens is 2. The van der Waals surface area contributed by atoms with E-state index in [0.29, 0.717) is 22.1 Å². The van der Waals surface area contributed by atoms with Crippen molar-refractivity contribution in [1.29, 1.82) is 0 Å². The first-order valence-corrected chi connectivity index (χ1v) is 12.8. The summed E-state index contributed by atoms with van der Waals surface area (Å²) in [6.45, 7) is 3.10.